The van der Waals surface area contributed by atoms with Gasteiger partial charge >= 0.3 is 0 Å². The molecule has 2 heterocycles. The summed E-state index contributed by atoms with van der Waals surface area (Å²) in [6.45, 7) is 8.37. The molecule has 2 aromatic rings. The van der Waals surface area contributed by atoms with E-state index in [1.165, 1.54) is 11.3 Å². The van der Waals surface area contributed by atoms with Gasteiger partial charge in [0, 0.05) is 18.0 Å². The van der Waals surface area contributed by atoms with Crippen molar-refractivity contribution in [2.45, 2.75) is 33.6 Å². The number of anilines is 1. The largest absolute Gasteiger partial charge is 0.378 e. The van der Waals surface area contributed by atoms with Crippen molar-refractivity contribution in [2.75, 3.05) is 31.6 Å². The van der Waals surface area contributed by atoms with Crippen molar-refractivity contribution in [1.29, 1.82) is 0 Å². The predicted octanol–water partition coefficient (Wildman–Crippen LogP) is 3.58. The summed E-state index contributed by atoms with van der Waals surface area (Å²) in [7, 11) is 0. The summed E-state index contributed by atoms with van der Waals surface area (Å²) in [5.41, 5.74) is 3.78. The lowest BCUT2D eigenvalue weighted by Crippen LogP contribution is -2.41. The lowest BCUT2D eigenvalue weighted by molar-refractivity contribution is -0.115. The number of hydrogen-bond donors (Lipinski definition) is 1. The number of amides is 2. The number of morpholine rings is 1. The van der Waals surface area contributed by atoms with Gasteiger partial charge < -0.3 is 15.0 Å². The smallest absolute Gasteiger partial charge is 0.257 e. The molecule has 1 aromatic heterocycles. The van der Waals surface area contributed by atoms with Gasteiger partial charge in [0.2, 0.25) is 5.91 Å². The van der Waals surface area contributed by atoms with Gasteiger partial charge in [-0.25, -0.2) is 0 Å². The van der Waals surface area contributed by atoms with Crippen LogP contribution in [0.5, 0.6) is 0 Å². The summed E-state index contributed by atoms with van der Waals surface area (Å²) in [6, 6.07) is 7.92. The van der Waals surface area contributed by atoms with E-state index in [2.05, 4.69) is 5.32 Å². The molecule has 0 radical (unpaired) electrons. The van der Waals surface area contributed by atoms with Crippen molar-refractivity contribution < 1.29 is 14.3 Å². The van der Waals surface area contributed by atoms with E-state index in [1.54, 1.807) is 0 Å². The molecule has 5 nitrogen and oxygen atoms in total. The zero-order chi connectivity index (χ0) is 19.4. The normalized spacial score (nSPS) is 14.3. The van der Waals surface area contributed by atoms with E-state index in [-0.39, 0.29) is 11.8 Å². The minimum Gasteiger partial charge on any atom is -0.378 e. The molecule has 1 saturated heterocycles. The molecule has 1 fully saturated rings. The number of nitrogens with one attached hydrogen (secondary N) is 1. The van der Waals surface area contributed by atoms with Gasteiger partial charge in [0.05, 0.1) is 25.2 Å². The van der Waals surface area contributed by atoms with Gasteiger partial charge in [-0.3, -0.25) is 9.59 Å². The first-order valence-corrected chi connectivity index (χ1v) is 10.2. The Balaban J connectivity index is 1.82. The Hall–Kier alpha value is -2.18. The van der Waals surface area contributed by atoms with Crippen LogP contribution in [0.15, 0.2) is 24.3 Å². The number of carbonyl (C=O) groups is 2. The van der Waals surface area contributed by atoms with Gasteiger partial charge in [0.15, 0.2) is 0 Å². The first kappa shape index (κ1) is 19.6. The van der Waals surface area contributed by atoms with Gasteiger partial charge in [0.1, 0.15) is 5.00 Å². The first-order valence-electron chi connectivity index (χ1n) is 9.34. The molecule has 0 bridgehead atoms. The van der Waals surface area contributed by atoms with Crippen LogP contribution in [0.1, 0.15) is 38.8 Å². The quantitative estimate of drug-likeness (QED) is 0.854. The second-order valence-electron chi connectivity index (χ2n) is 6.81. The number of carbonyl (C=O) groups excluding carboxylic acids is 2. The summed E-state index contributed by atoms with van der Waals surface area (Å²) < 4.78 is 5.36. The van der Waals surface area contributed by atoms with E-state index >= 15 is 0 Å². The second kappa shape index (κ2) is 8.67. The minimum absolute atomic E-state index is 0.00893. The molecule has 1 aliphatic heterocycles. The van der Waals surface area contributed by atoms with Crippen LogP contribution in [0.4, 0.5) is 5.00 Å². The number of nitrogens with zero attached hydrogens (tertiary/aromatic N) is 1. The van der Waals surface area contributed by atoms with E-state index in [1.807, 2.05) is 49.9 Å². The molecule has 2 amide bonds. The Morgan fingerprint density at radius 2 is 1.96 bits per heavy atom. The Morgan fingerprint density at radius 3 is 2.63 bits per heavy atom. The highest BCUT2D eigenvalue weighted by Gasteiger charge is 2.27. The molecule has 1 aliphatic rings. The molecular weight excluding hydrogens is 360 g/mol. The maximum absolute atomic E-state index is 13.1. The maximum Gasteiger partial charge on any atom is 0.257 e. The molecule has 144 valence electrons. The second-order valence-corrected chi connectivity index (χ2v) is 8.04. The highest BCUT2D eigenvalue weighted by molar-refractivity contribution is 7.16. The fourth-order valence-electron chi connectivity index (χ4n) is 3.42. The van der Waals surface area contributed by atoms with Crippen molar-refractivity contribution in [3.05, 3.63) is 51.4 Å². The molecular formula is C21H26N2O3S. The molecule has 0 unspecified atom stereocenters. The van der Waals surface area contributed by atoms with Crippen LogP contribution in [0.3, 0.4) is 0 Å². The molecule has 0 spiro atoms. The average molecular weight is 387 g/mol. The van der Waals surface area contributed by atoms with E-state index in [9.17, 15) is 9.59 Å². The van der Waals surface area contributed by atoms with Crippen molar-refractivity contribution in [1.82, 2.24) is 4.90 Å². The maximum atomic E-state index is 13.1. The van der Waals surface area contributed by atoms with Gasteiger partial charge in [0.25, 0.3) is 5.91 Å². The minimum atomic E-state index is -0.0967. The number of thiophene rings is 1. The molecule has 3 rings (SSSR count). The topological polar surface area (TPSA) is 58.6 Å². The third-order valence-electron chi connectivity index (χ3n) is 4.77. The summed E-state index contributed by atoms with van der Waals surface area (Å²) in [5.74, 6) is -0.106. The van der Waals surface area contributed by atoms with Crippen LogP contribution < -0.4 is 5.32 Å². The van der Waals surface area contributed by atoms with Gasteiger partial charge in [-0.1, -0.05) is 36.8 Å². The summed E-state index contributed by atoms with van der Waals surface area (Å²) in [5, 5.41) is 3.66. The van der Waals surface area contributed by atoms with Crippen LogP contribution in [-0.2, 0) is 22.4 Å². The van der Waals surface area contributed by atoms with E-state index in [0.29, 0.717) is 43.3 Å². The molecule has 27 heavy (non-hydrogen) atoms. The lowest BCUT2D eigenvalue weighted by atomic mass is 10.1. The van der Waals surface area contributed by atoms with E-state index < -0.39 is 0 Å². The third kappa shape index (κ3) is 4.57. The molecule has 6 heteroatoms. The van der Waals surface area contributed by atoms with Gasteiger partial charge in [-0.05, 0) is 31.4 Å². The molecule has 1 aromatic carbocycles. The molecule has 0 saturated carbocycles. The fraction of sp³-hybridized carbons (Fsp3) is 0.429. The van der Waals surface area contributed by atoms with Crippen LogP contribution >= 0.6 is 11.3 Å². The zero-order valence-electron chi connectivity index (χ0n) is 16.1. The number of aryl methyl sites for hydroxylation is 2. The summed E-state index contributed by atoms with van der Waals surface area (Å²) >= 11 is 1.49. The summed E-state index contributed by atoms with van der Waals surface area (Å²) in [6.07, 6.45) is 1.06. The third-order valence-corrected chi connectivity index (χ3v) is 5.84. The lowest BCUT2D eigenvalue weighted by Gasteiger charge is -2.27. The van der Waals surface area contributed by atoms with Crippen LogP contribution in [-0.4, -0.2) is 43.0 Å². The van der Waals surface area contributed by atoms with Crippen molar-refractivity contribution in [2.24, 2.45) is 0 Å². The summed E-state index contributed by atoms with van der Waals surface area (Å²) in [4.78, 5) is 28.6. The first-order chi connectivity index (χ1) is 13.0. The van der Waals surface area contributed by atoms with Crippen LogP contribution in [0, 0.1) is 13.8 Å². The Morgan fingerprint density at radius 1 is 1.22 bits per heavy atom. The highest BCUT2D eigenvalue weighted by atomic mass is 32.1. The Labute approximate surface area is 164 Å². The monoisotopic (exact) mass is 386 g/mol. The fourth-order valence-corrected chi connectivity index (χ4v) is 4.57. The SMILES string of the molecule is CCc1c(C)sc(NC(=O)Cc2cccc(C)c2)c1C(=O)N1CCOCC1. The number of ether oxygens (including phenoxy) is 1. The van der Waals surface area contributed by atoms with Gasteiger partial charge in [-0.2, -0.15) is 0 Å². The molecule has 0 aliphatic carbocycles. The average Bonchev–Trinajstić information content (AvgIpc) is 2.96. The van der Waals surface area contributed by atoms with E-state index in [4.69, 9.17) is 4.74 Å². The zero-order valence-corrected chi connectivity index (χ0v) is 16.9. The highest BCUT2D eigenvalue weighted by Crippen LogP contribution is 2.34. The van der Waals surface area contributed by atoms with E-state index in [0.717, 1.165) is 28.0 Å². The van der Waals surface area contributed by atoms with Crippen LogP contribution in [0.25, 0.3) is 0 Å². The van der Waals surface area contributed by atoms with Crippen molar-refractivity contribution in [3.63, 3.8) is 0 Å². The Kier molecular flexibility index (Phi) is 6.29. The van der Waals surface area contributed by atoms with Crippen LogP contribution in [0.2, 0.25) is 0 Å². The van der Waals surface area contributed by atoms with Crippen molar-refractivity contribution in [3.8, 4) is 0 Å². The number of rotatable bonds is 5. The molecule has 0 atom stereocenters. The van der Waals surface area contributed by atoms with Crippen molar-refractivity contribution >= 4 is 28.2 Å². The standard InChI is InChI=1S/C21H26N2O3S/c1-4-17-15(3)27-20(19(17)21(25)23-8-10-26-11-9-23)22-18(24)13-16-7-5-6-14(2)12-16/h5-7,12H,4,8-11,13H2,1-3H3,(H,22,24). The molecule has 1 N–H and O–H groups in total. The predicted molar refractivity (Wildman–Crippen MR) is 109 cm³/mol. The number of hydrogen-bond acceptors (Lipinski definition) is 4. The van der Waals surface area contributed by atoms with Gasteiger partial charge in [-0.15, -0.1) is 11.3 Å². The Bertz CT molecular complexity index is 838. The number of benzene rings is 1.